The molecule has 1 aliphatic rings. The van der Waals surface area contributed by atoms with Gasteiger partial charge in [0, 0.05) is 12.2 Å². The van der Waals surface area contributed by atoms with E-state index in [0.717, 1.165) is 18.2 Å². The van der Waals surface area contributed by atoms with Gasteiger partial charge in [0.05, 0.1) is 11.4 Å². The zero-order valence-corrected chi connectivity index (χ0v) is 11.9. The first kappa shape index (κ1) is 13.8. The summed E-state index contributed by atoms with van der Waals surface area (Å²) in [5.74, 6) is 0.465. The van der Waals surface area contributed by atoms with Crippen LogP contribution in [0.15, 0.2) is 6.07 Å². The standard InChI is InChI=1S/C15H22N2O2/c1-9-5-4-6-12(9)8-16-13-7-10(2)17-11(3)14(13)15(18)19/h7,9,12H,4-6,8H2,1-3H3,(H,16,17)(H,18,19). The predicted molar refractivity (Wildman–Crippen MR) is 75.7 cm³/mol. The zero-order chi connectivity index (χ0) is 14.0. The number of aromatic carboxylic acids is 1. The summed E-state index contributed by atoms with van der Waals surface area (Å²) >= 11 is 0. The molecule has 104 valence electrons. The van der Waals surface area contributed by atoms with Gasteiger partial charge in [-0.1, -0.05) is 19.8 Å². The Kier molecular flexibility index (Phi) is 4.08. The van der Waals surface area contributed by atoms with Gasteiger partial charge >= 0.3 is 5.97 Å². The molecule has 2 rings (SSSR count). The number of nitrogens with zero attached hydrogens (tertiary/aromatic N) is 1. The van der Waals surface area contributed by atoms with E-state index in [4.69, 9.17) is 0 Å². The Morgan fingerprint density at radius 1 is 1.47 bits per heavy atom. The Morgan fingerprint density at radius 2 is 2.21 bits per heavy atom. The minimum Gasteiger partial charge on any atom is -0.478 e. The van der Waals surface area contributed by atoms with Crippen molar-refractivity contribution in [3.05, 3.63) is 23.0 Å². The van der Waals surface area contributed by atoms with Crippen molar-refractivity contribution in [2.45, 2.75) is 40.0 Å². The second-order valence-corrected chi connectivity index (χ2v) is 5.63. The van der Waals surface area contributed by atoms with Gasteiger partial charge in [0.1, 0.15) is 5.56 Å². The predicted octanol–water partition coefficient (Wildman–Crippen LogP) is 3.24. The number of aromatic nitrogens is 1. The number of carboxylic acids is 1. The van der Waals surface area contributed by atoms with Gasteiger partial charge in [-0.05, 0) is 38.2 Å². The first-order valence-electron chi connectivity index (χ1n) is 6.94. The van der Waals surface area contributed by atoms with Crippen molar-refractivity contribution >= 4 is 11.7 Å². The van der Waals surface area contributed by atoms with Crippen LogP contribution in [0.4, 0.5) is 5.69 Å². The molecule has 0 aromatic carbocycles. The molecule has 0 radical (unpaired) electrons. The van der Waals surface area contributed by atoms with Crippen molar-refractivity contribution in [2.24, 2.45) is 11.8 Å². The molecule has 1 aliphatic carbocycles. The topological polar surface area (TPSA) is 62.2 Å². The van der Waals surface area contributed by atoms with Crippen LogP contribution in [0.2, 0.25) is 0 Å². The minimum atomic E-state index is -0.910. The molecule has 0 bridgehead atoms. The summed E-state index contributed by atoms with van der Waals surface area (Å²) in [5, 5.41) is 12.6. The molecule has 0 saturated heterocycles. The quantitative estimate of drug-likeness (QED) is 0.874. The SMILES string of the molecule is Cc1cc(NCC2CCCC2C)c(C(=O)O)c(C)n1. The van der Waals surface area contributed by atoms with Crippen LogP contribution in [0.25, 0.3) is 0 Å². The fraction of sp³-hybridized carbons (Fsp3) is 0.600. The van der Waals surface area contributed by atoms with Crippen LogP contribution in [-0.4, -0.2) is 22.6 Å². The first-order valence-corrected chi connectivity index (χ1v) is 6.94. The second-order valence-electron chi connectivity index (χ2n) is 5.63. The Morgan fingerprint density at radius 3 is 2.79 bits per heavy atom. The average molecular weight is 262 g/mol. The van der Waals surface area contributed by atoms with Crippen molar-refractivity contribution in [2.75, 3.05) is 11.9 Å². The number of rotatable bonds is 4. The van der Waals surface area contributed by atoms with E-state index in [0.29, 0.717) is 22.9 Å². The maximum absolute atomic E-state index is 11.3. The fourth-order valence-corrected chi connectivity index (χ4v) is 3.00. The van der Waals surface area contributed by atoms with Gasteiger partial charge in [-0.25, -0.2) is 4.79 Å². The van der Waals surface area contributed by atoms with Crippen LogP contribution in [-0.2, 0) is 0 Å². The molecule has 2 unspecified atom stereocenters. The number of carboxylic acid groups (broad SMARTS) is 1. The molecule has 0 amide bonds. The van der Waals surface area contributed by atoms with Gasteiger partial charge in [-0.15, -0.1) is 0 Å². The highest BCUT2D eigenvalue weighted by Gasteiger charge is 2.24. The largest absolute Gasteiger partial charge is 0.478 e. The molecule has 1 aromatic rings. The number of hydrogen-bond acceptors (Lipinski definition) is 3. The van der Waals surface area contributed by atoms with E-state index >= 15 is 0 Å². The van der Waals surface area contributed by atoms with Crippen molar-refractivity contribution in [3.63, 3.8) is 0 Å². The van der Waals surface area contributed by atoms with Crippen molar-refractivity contribution in [1.82, 2.24) is 4.98 Å². The van der Waals surface area contributed by atoms with E-state index in [9.17, 15) is 9.90 Å². The van der Waals surface area contributed by atoms with E-state index in [1.807, 2.05) is 13.0 Å². The highest BCUT2D eigenvalue weighted by Crippen LogP contribution is 2.31. The minimum absolute atomic E-state index is 0.302. The smallest absolute Gasteiger partial charge is 0.339 e. The molecule has 19 heavy (non-hydrogen) atoms. The van der Waals surface area contributed by atoms with E-state index in [1.165, 1.54) is 19.3 Å². The summed E-state index contributed by atoms with van der Waals surface area (Å²) in [6.07, 6.45) is 3.81. The Balaban J connectivity index is 2.17. The van der Waals surface area contributed by atoms with E-state index in [2.05, 4.69) is 17.2 Å². The van der Waals surface area contributed by atoms with E-state index < -0.39 is 5.97 Å². The summed E-state index contributed by atoms with van der Waals surface area (Å²) in [6, 6.07) is 1.83. The number of hydrogen-bond donors (Lipinski definition) is 2. The number of nitrogens with one attached hydrogen (secondary N) is 1. The molecule has 0 aliphatic heterocycles. The highest BCUT2D eigenvalue weighted by atomic mass is 16.4. The fourth-order valence-electron chi connectivity index (χ4n) is 3.00. The first-order chi connectivity index (χ1) is 8.99. The third kappa shape index (κ3) is 3.06. The van der Waals surface area contributed by atoms with Crippen LogP contribution in [0, 0.1) is 25.7 Å². The van der Waals surface area contributed by atoms with Gasteiger partial charge in [-0.2, -0.15) is 0 Å². The molecule has 4 heteroatoms. The molecule has 1 aromatic heterocycles. The molecule has 0 spiro atoms. The molecule has 1 saturated carbocycles. The summed E-state index contributed by atoms with van der Waals surface area (Å²) in [5.41, 5.74) is 2.44. The van der Waals surface area contributed by atoms with Crippen LogP contribution < -0.4 is 5.32 Å². The molecule has 1 heterocycles. The zero-order valence-electron chi connectivity index (χ0n) is 11.9. The summed E-state index contributed by atoms with van der Waals surface area (Å²) in [7, 11) is 0. The summed E-state index contributed by atoms with van der Waals surface area (Å²) < 4.78 is 0. The van der Waals surface area contributed by atoms with Gasteiger partial charge in [0.2, 0.25) is 0 Å². The van der Waals surface area contributed by atoms with Gasteiger partial charge in [-0.3, -0.25) is 4.98 Å². The number of carbonyl (C=O) groups is 1. The van der Waals surface area contributed by atoms with Crippen molar-refractivity contribution in [3.8, 4) is 0 Å². The maximum Gasteiger partial charge on any atom is 0.339 e. The van der Waals surface area contributed by atoms with Gasteiger partial charge in [0.15, 0.2) is 0 Å². The molecule has 4 nitrogen and oxygen atoms in total. The Hall–Kier alpha value is -1.58. The molecular weight excluding hydrogens is 240 g/mol. The van der Waals surface area contributed by atoms with Crippen molar-refractivity contribution < 1.29 is 9.90 Å². The normalized spacial score (nSPS) is 22.5. The maximum atomic E-state index is 11.3. The average Bonchev–Trinajstić information content (AvgIpc) is 2.70. The lowest BCUT2D eigenvalue weighted by Crippen LogP contribution is -2.19. The van der Waals surface area contributed by atoms with Gasteiger partial charge < -0.3 is 10.4 Å². The lowest BCUT2D eigenvalue weighted by molar-refractivity contribution is 0.0696. The van der Waals surface area contributed by atoms with Crippen LogP contribution in [0.5, 0.6) is 0 Å². The van der Waals surface area contributed by atoms with E-state index in [-0.39, 0.29) is 0 Å². The van der Waals surface area contributed by atoms with Crippen LogP contribution >= 0.6 is 0 Å². The summed E-state index contributed by atoms with van der Waals surface area (Å²) in [6.45, 7) is 6.77. The van der Waals surface area contributed by atoms with Crippen LogP contribution in [0.3, 0.4) is 0 Å². The second kappa shape index (κ2) is 5.59. The summed E-state index contributed by atoms with van der Waals surface area (Å²) in [4.78, 5) is 15.6. The third-order valence-corrected chi connectivity index (χ3v) is 4.14. The van der Waals surface area contributed by atoms with Crippen LogP contribution in [0.1, 0.15) is 47.9 Å². The highest BCUT2D eigenvalue weighted by molar-refractivity contribution is 5.95. The Labute approximate surface area is 114 Å². The molecule has 2 atom stereocenters. The number of anilines is 1. The Bertz CT molecular complexity index is 485. The molecular formula is C15H22N2O2. The third-order valence-electron chi connectivity index (χ3n) is 4.14. The molecule has 2 N–H and O–H groups in total. The van der Waals surface area contributed by atoms with E-state index in [1.54, 1.807) is 6.92 Å². The van der Waals surface area contributed by atoms with Crippen molar-refractivity contribution in [1.29, 1.82) is 0 Å². The lowest BCUT2D eigenvalue weighted by Gasteiger charge is -2.18. The number of aryl methyl sites for hydroxylation is 2. The monoisotopic (exact) mass is 262 g/mol. The van der Waals surface area contributed by atoms with Gasteiger partial charge in [0.25, 0.3) is 0 Å². The molecule has 1 fully saturated rings. The number of pyridine rings is 1. The lowest BCUT2D eigenvalue weighted by atomic mass is 9.98.